The molecule has 0 saturated heterocycles. The van der Waals surface area contributed by atoms with Gasteiger partial charge in [-0.3, -0.25) is 0 Å². The van der Waals surface area contributed by atoms with Crippen LogP contribution in [0.15, 0.2) is 33.5 Å². The summed E-state index contributed by atoms with van der Waals surface area (Å²) in [7, 11) is 3.80. The van der Waals surface area contributed by atoms with Crippen molar-refractivity contribution in [3.8, 4) is 0 Å². The molecule has 86 valence electrons. The van der Waals surface area contributed by atoms with Crippen molar-refractivity contribution in [1.82, 2.24) is 0 Å². The molecule has 0 atom stereocenters. The summed E-state index contributed by atoms with van der Waals surface area (Å²) in [6, 6.07) is 6.78. The molecule has 2 aromatic rings. The third kappa shape index (κ3) is 2.09. The Bertz CT molecular complexity index is 667. The number of hydrogen-bond donors (Lipinski definition) is 0. The summed E-state index contributed by atoms with van der Waals surface area (Å²) in [6.45, 7) is 0. The first-order valence-corrected chi connectivity index (χ1v) is 5.04. The molecule has 5 heteroatoms. The zero-order chi connectivity index (χ0) is 12.4. The van der Waals surface area contributed by atoms with E-state index < -0.39 is 5.63 Å². The van der Waals surface area contributed by atoms with E-state index in [1.807, 2.05) is 31.1 Å². The van der Waals surface area contributed by atoms with E-state index >= 15 is 0 Å². The van der Waals surface area contributed by atoms with Crippen molar-refractivity contribution < 1.29 is 9.21 Å². The lowest BCUT2D eigenvalue weighted by Gasteiger charge is -2.12. The van der Waals surface area contributed by atoms with Gasteiger partial charge in [0.2, 0.25) is 0 Å². The van der Waals surface area contributed by atoms with Crippen LogP contribution in [0.3, 0.4) is 0 Å². The van der Waals surface area contributed by atoms with Gasteiger partial charge in [0.1, 0.15) is 5.58 Å². The largest absolute Gasteiger partial charge is 0.423 e. The van der Waals surface area contributed by atoms with Crippen LogP contribution in [0.5, 0.6) is 0 Å². The van der Waals surface area contributed by atoms with Gasteiger partial charge in [0, 0.05) is 37.3 Å². The normalized spacial score (nSPS) is 10.0. The fourth-order valence-electron chi connectivity index (χ4n) is 1.62. The van der Waals surface area contributed by atoms with Crippen molar-refractivity contribution in [2.45, 2.75) is 0 Å². The average molecular weight is 229 g/mol. The van der Waals surface area contributed by atoms with Crippen LogP contribution in [0.4, 0.5) is 5.69 Å². The molecular formula is C12H11N3O2. The summed E-state index contributed by atoms with van der Waals surface area (Å²) in [5, 5.41) is 0.730. The highest BCUT2D eigenvalue weighted by atomic mass is 16.4. The van der Waals surface area contributed by atoms with Crippen LogP contribution in [0.1, 0.15) is 5.56 Å². The van der Waals surface area contributed by atoms with Gasteiger partial charge in [-0.05, 0) is 12.1 Å². The van der Waals surface area contributed by atoms with E-state index in [2.05, 4.69) is 4.79 Å². The minimum atomic E-state index is -0.469. The van der Waals surface area contributed by atoms with E-state index in [0.717, 1.165) is 11.1 Å². The number of hydrogen-bond acceptors (Lipinski definition) is 3. The smallest absolute Gasteiger partial charge is 0.337 e. The maximum atomic E-state index is 11.3. The number of benzene rings is 1. The van der Waals surface area contributed by atoms with Crippen LogP contribution in [-0.2, 0) is 0 Å². The average Bonchev–Trinajstić information content (AvgIpc) is 2.28. The fraction of sp³-hybridized carbons (Fsp3) is 0.167. The van der Waals surface area contributed by atoms with Crippen molar-refractivity contribution in [1.29, 1.82) is 0 Å². The summed E-state index contributed by atoms with van der Waals surface area (Å²) >= 11 is 0. The molecule has 2 rings (SSSR count). The molecule has 0 fully saturated rings. The SMILES string of the molecule is CN(C)c1ccc2c(C=[N+]=[N-])cc(=O)oc2c1. The van der Waals surface area contributed by atoms with Gasteiger partial charge in [0.15, 0.2) is 0 Å². The lowest BCUT2D eigenvalue weighted by Crippen LogP contribution is -2.08. The van der Waals surface area contributed by atoms with Gasteiger partial charge in [0.25, 0.3) is 6.21 Å². The minimum Gasteiger partial charge on any atom is -0.423 e. The Morgan fingerprint density at radius 2 is 2.12 bits per heavy atom. The standard InChI is InChI=1S/C12H11N3O2/c1-15(2)9-3-4-10-8(7-14-13)5-12(16)17-11(10)6-9/h3-7H,1-2H3. The van der Waals surface area contributed by atoms with Gasteiger partial charge in [-0.1, -0.05) is 0 Å². The minimum absolute atomic E-state index is 0.469. The van der Waals surface area contributed by atoms with Crippen LogP contribution >= 0.6 is 0 Å². The predicted octanol–water partition coefficient (Wildman–Crippen LogP) is 1.51. The lowest BCUT2D eigenvalue weighted by molar-refractivity contribution is 0.00463. The maximum Gasteiger partial charge on any atom is 0.337 e. The Morgan fingerprint density at radius 1 is 1.35 bits per heavy atom. The highest BCUT2D eigenvalue weighted by Gasteiger charge is 2.08. The summed E-state index contributed by atoms with van der Waals surface area (Å²) in [6.07, 6.45) is 1.22. The Labute approximate surface area is 97.5 Å². The second-order valence-electron chi connectivity index (χ2n) is 3.84. The van der Waals surface area contributed by atoms with Crippen LogP contribution in [0.2, 0.25) is 0 Å². The van der Waals surface area contributed by atoms with Crippen LogP contribution in [-0.4, -0.2) is 25.1 Å². The van der Waals surface area contributed by atoms with Crippen LogP contribution in [0, 0.1) is 0 Å². The molecule has 17 heavy (non-hydrogen) atoms. The van der Waals surface area contributed by atoms with E-state index in [4.69, 9.17) is 9.95 Å². The summed E-state index contributed by atoms with van der Waals surface area (Å²) in [5.74, 6) is 0. The second-order valence-corrected chi connectivity index (χ2v) is 3.84. The first-order chi connectivity index (χ1) is 8.11. The molecule has 5 nitrogen and oxygen atoms in total. The maximum absolute atomic E-state index is 11.3. The lowest BCUT2D eigenvalue weighted by atomic mass is 10.1. The number of rotatable bonds is 2. The monoisotopic (exact) mass is 229 g/mol. The highest BCUT2D eigenvalue weighted by Crippen LogP contribution is 2.21. The van der Waals surface area contributed by atoms with Crippen molar-refractivity contribution in [3.05, 3.63) is 45.8 Å². The molecule has 1 heterocycles. The first-order valence-electron chi connectivity index (χ1n) is 5.04. The second kappa shape index (κ2) is 4.23. The van der Waals surface area contributed by atoms with Crippen LogP contribution < -0.4 is 10.5 Å². The van der Waals surface area contributed by atoms with E-state index in [9.17, 15) is 4.79 Å². The third-order valence-electron chi connectivity index (χ3n) is 2.47. The molecule has 1 aromatic heterocycles. The number of anilines is 1. The van der Waals surface area contributed by atoms with Crippen molar-refractivity contribution in [2.24, 2.45) is 0 Å². The van der Waals surface area contributed by atoms with E-state index in [1.165, 1.54) is 12.3 Å². The molecule has 0 aliphatic heterocycles. The molecular weight excluding hydrogens is 218 g/mol. The zero-order valence-electron chi connectivity index (χ0n) is 9.54. The molecule has 0 spiro atoms. The van der Waals surface area contributed by atoms with E-state index in [0.29, 0.717) is 11.1 Å². The van der Waals surface area contributed by atoms with Gasteiger partial charge >= 0.3 is 5.63 Å². The molecule has 0 radical (unpaired) electrons. The topological polar surface area (TPSA) is 69.8 Å². The Kier molecular flexibility index (Phi) is 2.77. The summed E-state index contributed by atoms with van der Waals surface area (Å²) in [5.41, 5.74) is 10.0. The molecule has 0 bridgehead atoms. The molecule has 1 aromatic carbocycles. The van der Waals surface area contributed by atoms with Gasteiger partial charge in [0.05, 0.1) is 5.56 Å². The highest BCUT2D eigenvalue weighted by molar-refractivity contribution is 5.96. The third-order valence-corrected chi connectivity index (χ3v) is 2.47. The van der Waals surface area contributed by atoms with Gasteiger partial charge in [-0.15, -0.1) is 0 Å². The number of fused-ring (bicyclic) bond motifs is 1. The summed E-state index contributed by atoms with van der Waals surface area (Å²) in [4.78, 5) is 16.2. The molecule has 0 aliphatic carbocycles. The Balaban J connectivity index is 2.79. The summed E-state index contributed by atoms with van der Waals surface area (Å²) < 4.78 is 5.11. The molecule has 0 aliphatic rings. The Morgan fingerprint density at radius 3 is 2.76 bits per heavy atom. The quantitative estimate of drug-likeness (QED) is 0.339. The van der Waals surface area contributed by atoms with E-state index in [-0.39, 0.29) is 0 Å². The Hall–Kier alpha value is -2.39. The molecule has 0 unspecified atom stereocenters. The molecule has 0 saturated carbocycles. The van der Waals surface area contributed by atoms with Gasteiger partial charge in [-0.25, -0.2) is 4.79 Å². The molecule has 0 N–H and O–H groups in total. The van der Waals surface area contributed by atoms with Gasteiger partial charge < -0.3 is 14.8 Å². The van der Waals surface area contributed by atoms with Gasteiger partial charge in [-0.2, -0.15) is 4.79 Å². The fourth-order valence-corrected chi connectivity index (χ4v) is 1.62. The van der Waals surface area contributed by atoms with Crippen molar-refractivity contribution in [2.75, 3.05) is 19.0 Å². The molecule has 0 amide bonds. The predicted molar refractivity (Wildman–Crippen MR) is 65.6 cm³/mol. The zero-order valence-corrected chi connectivity index (χ0v) is 9.54. The van der Waals surface area contributed by atoms with Crippen molar-refractivity contribution in [3.63, 3.8) is 0 Å². The van der Waals surface area contributed by atoms with Crippen molar-refractivity contribution >= 4 is 22.9 Å². The number of nitrogens with zero attached hydrogens (tertiary/aromatic N) is 3. The van der Waals surface area contributed by atoms with Crippen LogP contribution in [0.25, 0.3) is 16.5 Å². The first kappa shape index (κ1) is 11.1. The van der Waals surface area contributed by atoms with E-state index in [1.54, 1.807) is 6.07 Å².